The van der Waals surface area contributed by atoms with Crippen LogP contribution in [0.3, 0.4) is 0 Å². The Labute approximate surface area is 331 Å². The van der Waals surface area contributed by atoms with E-state index in [0.29, 0.717) is 25.7 Å². The molecule has 4 saturated carbocycles. The number of carbonyl (C=O) groups excluding carboxylic acids is 2. The van der Waals surface area contributed by atoms with Crippen LogP contribution in [0.4, 0.5) is 0 Å². The van der Waals surface area contributed by atoms with Crippen LogP contribution in [-0.2, 0) is 46.3 Å². The summed E-state index contributed by atoms with van der Waals surface area (Å²) >= 11 is 4.07. The van der Waals surface area contributed by atoms with Crippen molar-refractivity contribution in [1.29, 1.82) is 0 Å². The summed E-state index contributed by atoms with van der Waals surface area (Å²) in [7, 11) is -8.15. The van der Waals surface area contributed by atoms with E-state index in [4.69, 9.17) is 9.11 Å². The maximum absolute atomic E-state index is 11.9. The van der Waals surface area contributed by atoms with Crippen LogP contribution in [0.1, 0.15) is 66.2 Å². The largest absolute Gasteiger partial charge is 0 e. The second-order valence-electron chi connectivity index (χ2n) is 11.7. The number of carbonyl (C=O) groups is 2. The molecule has 5 fully saturated rings. The van der Waals surface area contributed by atoms with Gasteiger partial charge in [-0.1, -0.05) is 27.7 Å². The summed E-state index contributed by atoms with van der Waals surface area (Å²) in [5, 5.41) is 1.33. The van der Waals surface area contributed by atoms with Gasteiger partial charge in [0.1, 0.15) is 11.6 Å². The Morgan fingerprint density at radius 3 is 1.21 bits per heavy atom. The molecule has 0 radical (unpaired) electrons. The summed E-state index contributed by atoms with van der Waals surface area (Å²) in [6.07, 6.45) is 3.94. The Morgan fingerprint density at radius 2 is 1.05 bits per heavy atom. The number of ketones is 2. The third-order valence-corrected chi connectivity index (χ3v) is 14.0. The smallest absolute Gasteiger partial charge is 0 e. The fourth-order valence-electron chi connectivity index (χ4n) is 7.13. The Hall–Kier alpha value is 3.63. The van der Waals surface area contributed by atoms with Crippen molar-refractivity contribution in [3.05, 3.63) is 0 Å². The second-order valence-corrected chi connectivity index (χ2v) is 17.2. The van der Waals surface area contributed by atoms with Crippen molar-refractivity contribution in [2.24, 2.45) is 33.5 Å². The van der Waals surface area contributed by atoms with Gasteiger partial charge in [-0.2, -0.15) is 40.4 Å². The van der Waals surface area contributed by atoms with Gasteiger partial charge in [-0.05, 0) is 48.3 Å². The van der Waals surface area contributed by atoms with Crippen molar-refractivity contribution in [1.82, 2.24) is 0 Å². The number of hydrogen-bond acceptors (Lipinski definition) is 8. The minimum atomic E-state index is -4.08. The van der Waals surface area contributed by atoms with Crippen molar-refractivity contribution in [2.45, 2.75) is 66.2 Å². The van der Waals surface area contributed by atoms with E-state index < -0.39 is 42.6 Å². The molecule has 0 aromatic rings. The van der Waals surface area contributed by atoms with Crippen LogP contribution in [0.15, 0.2) is 0 Å². The van der Waals surface area contributed by atoms with Gasteiger partial charge >= 0.3 is 103 Å². The molecular weight excluding hydrogens is 669 g/mol. The predicted molar refractivity (Wildman–Crippen MR) is 154 cm³/mol. The zero-order valence-corrected chi connectivity index (χ0v) is 25.5. The molecule has 38 heavy (non-hydrogen) atoms. The minimum Gasteiger partial charge on any atom is 0 e. The van der Waals surface area contributed by atoms with Gasteiger partial charge < -0.3 is 0 Å². The van der Waals surface area contributed by atoms with Crippen LogP contribution < -0.4 is 0 Å². The van der Waals surface area contributed by atoms with Gasteiger partial charge in [-0.3, -0.25) is 18.7 Å². The average Bonchev–Trinajstić information content (AvgIpc) is 3.45. The van der Waals surface area contributed by atoms with Crippen molar-refractivity contribution in [3.63, 3.8) is 0 Å². The van der Waals surface area contributed by atoms with Gasteiger partial charge in [-0.25, -0.2) is 0 Å². The zero-order chi connectivity index (χ0) is 26.5. The summed E-state index contributed by atoms with van der Waals surface area (Å²) in [6.45, 7) is 7.78. The molecule has 1 heterocycles. The van der Waals surface area contributed by atoms with E-state index in [1.54, 1.807) is 0 Å². The molecule has 8 nitrogen and oxygen atoms in total. The maximum Gasteiger partial charge on any atom is 0 e. The summed E-state index contributed by atoms with van der Waals surface area (Å²) in [5.41, 5.74) is -2.24. The average molecular weight is 710 g/mol. The van der Waals surface area contributed by atoms with E-state index in [9.17, 15) is 26.4 Å². The number of hydrogen-bond donors (Lipinski definition) is 2. The quantitative estimate of drug-likeness (QED) is 0.331. The van der Waals surface area contributed by atoms with Crippen molar-refractivity contribution in [2.75, 3.05) is 28.1 Å². The van der Waals surface area contributed by atoms with E-state index in [-0.39, 0.29) is 153 Å². The molecule has 5 aliphatic rings. The van der Waals surface area contributed by atoms with Gasteiger partial charge in [0.05, 0.1) is 22.3 Å². The molecule has 5 rings (SSSR count). The first kappa shape index (κ1) is 41.6. The molecule has 4 bridgehead atoms. The van der Waals surface area contributed by atoms with Crippen LogP contribution in [0.2, 0.25) is 0 Å². The molecular formula is C23H40K2NiO8S4. The molecule has 4 aliphatic carbocycles. The summed E-state index contributed by atoms with van der Waals surface area (Å²) < 4.78 is 62.0. The summed E-state index contributed by atoms with van der Waals surface area (Å²) in [4.78, 5) is 23.8. The second kappa shape index (κ2) is 15.3. The van der Waals surface area contributed by atoms with Gasteiger partial charge in [0, 0.05) is 45.9 Å². The fraction of sp³-hybridized carbons (Fsp3) is 0.913. The first-order valence-corrected chi connectivity index (χ1v) is 17.5. The zero-order valence-electron chi connectivity index (χ0n) is 21.2. The number of Topliss-reactive ketones (excluding diaryl/α,β-unsaturated/α-hetero) is 2. The first-order chi connectivity index (χ1) is 15.9. The summed E-state index contributed by atoms with van der Waals surface area (Å²) in [5.74, 6) is 2.56. The molecule has 2 N–H and O–H groups in total. The Kier molecular flexibility index (Phi) is 16.7. The van der Waals surface area contributed by atoms with E-state index >= 15 is 0 Å². The summed E-state index contributed by atoms with van der Waals surface area (Å²) in [6, 6.07) is 0. The van der Waals surface area contributed by atoms with Gasteiger partial charge in [0.2, 0.25) is 0 Å². The fourth-order valence-corrected chi connectivity index (χ4v) is 12.1. The monoisotopic (exact) mass is 708 g/mol. The van der Waals surface area contributed by atoms with Crippen molar-refractivity contribution in [3.8, 4) is 0 Å². The molecule has 1 saturated heterocycles. The minimum absolute atomic E-state index is 0. The van der Waals surface area contributed by atoms with E-state index in [1.807, 2.05) is 51.2 Å². The van der Waals surface area contributed by atoms with Gasteiger partial charge in [0.15, 0.2) is 0 Å². The number of fused-ring (bicyclic) bond motifs is 4. The molecule has 0 spiro atoms. The Bertz CT molecular complexity index is 991. The Balaban J connectivity index is 0.000000571. The molecule has 0 amide bonds. The molecule has 0 aromatic heterocycles. The van der Waals surface area contributed by atoms with Crippen LogP contribution in [-0.4, -0.2) is 168 Å². The van der Waals surface area contributed by atoms with Crippen LogP contribution in [0.25, 0.3) is 0 Å². The maximum atomic E-state index is 11.9. The number of thioether (sulfide) groups is 2. The van der Waals surface area contributed by atoms with Crippen molar-refractivity contribution >= 4 is 158 Å². The third kappa shape index (κ3) is 8.66. The van der Waals surface area contributed by atoms with E-state index in [2.05, 4.69) is 0 Å². The topological polar surface area (TPSA) is 143 Å². The van der Waals surface area contributed by atoms with Crippen LogP contribution in [0.5, 0.6) is 0 Å². The van der Waals surface area contributed by atoms with Crippen LogP contribution in [0, 0.1) is 33.5 Å². The molecule has 4 unspecified atom stereocenters. The first-order valence-electron chi connectivity index (χ1n) is 12.0. The Morgan fingerprint density at radius 1 is 0.737 bits per heavy atom. The van der Waals surface area contributed by atoms with Gasteiger partial charge in [-0.15, -0.1) is 0 Å². The van der Waals surface area contributed by atoms with E-state index in [1.165, 1.54) is 16.6 Å². The van der Waals surface area contributed by atoms with E-state index in [0.717, 1.165) is 12.8 Å². The molecule has 1 aliphatic heterocycles. The molecule has 0 aromatic carbocycles. The SMILES string of the molecule is C1CSCS1.CC1(C)C2CCC1(CS(=O)(=O)O)C(=O)C2.CC1(C)C2CCC1(CS(=O)(=O)O)C(=O)C2.[KH].[KH].[Ni]. The van der Waals surface area contributed by atoms with Crippen LogP contribution >= 0.6 is 23.5 Å². The third-order valence-electron chi connectivity index (χ3n) is 9.67. The normalized spacial score (nSPS) is 33.6. The molecule has 4 atom stereocenters. The standard InChI is InChI=1S/2C10H16O4S.C3H6S2.2K.Ni.2H/c2*1-9(2)7-3-4-10(9,8(11)5-7)6-15(12,13)14;1-2-5-3-4-1;;;;;/h2*7H,3-6H2,1-2H3,(H,12,13,14);1-3H2;;;;;. The molecule has 15 heteroatoms. The predicted octanol–water partition coefficient (Wildman–Crippen LogP) is 2.66. The van der Waals surface area contributed by atoms with Crippen molar-refractivity contribution < 1.29 is 52.0 Å². The number of rotatable bonds is 4. The molecule has 216 valence electrons. The van der Waals surface area contributed by atoms with Gasteiger partial charge in [0.25, 0.3) is 20.2 Å².